The van der Waals surface area contributed by atoms with Crippen LogP contribution in [0.5, 0.6) is 0 Å². The lowest BCUT2D eigenvalue weighted by Gasteiger charge is -2.32. The van der Waals surface area contributed by atoms with Crippen LogP contribution in [0, 0.1) is 11.3 Å². The first-order chi connectivity index (χ1) is 9.80. The molecule has 2 rings (SSSR count). The highest BCUT2D eigenvalue weighted by Gasteiger charge is 2.41. The summed E-state index contributed by atoms with van der Waals surface area (Å²) in [7, 11) is 0. The molecule has 1 aliphatic rings. The second-order valence-corrected chi connectivity index (χ2v) is 5.97. The summed E-state index contributed by atoms with van der Waals surface area (Å²) in [5.74, 6) is -1.65. The van der Waals surface area contributed by atoms with Crippen molar-refractivity contribution in [2.75, 3.05) is 0 Å². The number of nitrogens with one attached hydrogen (secondary N) is 2. The molecule has 0 bridgehead atoms. The molecule has 0 aromatic carbocycles. The maximum atomic E-state index is 12.1. The third-order valence-corrected chi connectivity index (χ3v) is 3.38. The van der Waals surface area contributed by atoms with Crippen molar-refractivity contribution in [2.45, 2.75) is 26.7 Å². The fourth-order valence-electron chi connectivity index (χ4n) is 2.46. The van der Waals surface area contributed by atoms with Gasteiger partial charge < -0.3 is 9.84 Å². The van der Waals surface area contributed by atoms with Crippen molar-refractivity contribution in [3.63, 3.8) is 0 Å². The summed E-state index contributed by atoms with van der Waals surface area (Å²) in [4.78, 5) is 35.8. The lowest BCUT2D eigenvalue weighted by Crippen LogP contribution is -2.45. The van der Waals surface area contributed by atoms with Gasteiger partial charge in [-0.25, -0.2) is 0 Å². The van der Waals surface area contributed by atoms with E-state index in [0.29, 0.717) is 12.8 Å². The number of amides is 1. The Morgan fingerprint density at radius 3 is 2.43 bits per heavy atom. The Bertz CT molecular complexity index is 567. The minimum atomic E-state index is -0.907. The van der Waals surface area contributed by atoms with Crippen molar-refractivity contribution in [3.8, 4) is 0 Å². The molecule has 1 aromatic rings. The number of carbonyl (C=O) groups is 3. The number of carbonyl (C=O) groups excluding carboxylic acids is 3. The lowest BCUT2D eigenvalue weighted by atomic mass is 9.71. The first-order valence-electron chi connectivity index (χ1n) is 6.64. The molecule has 0 radical (unpaired) electrons. The Labute approximate surface area is 122 Å². The fourth-order valence-corrected chi connectivity index (χ4v) is 2.46. The van der Waals surface area contributed by atoms with E-state index < -0.39 is 11.8 Å². The van der Waals surface area contributed by atoms with Crippen LogP contribution in [-0.4, -0.2) is 17.5 Å². The molecule has 0 unspecified atom stereocenters. The topological polar surface area (TPSA) is 88.4 Å². The first kappa shape index (κ1) is 15.0. The zero-order chi connectivity index (χ0) is 15.6. The lowest BCUT2D eigenvalue weighted by molar-refractivity contribution is -0.138. The molecule has 1 saturated carbocycles. The Balaban J connectivity index is 1.96. The molecular weight excluding hydrogens is 272 g/mol. The summed E-state index contributed by atoms with van der Waals surface area (Å²) < 4.78 is 4.93. The molecule has 0 atom stereocenters. The van der Waals surface area contributed by atoms with Gasteiger partial charge in [0, 0.05) is 18.5 Å². The van der Waals surface area contributed by atoms with Crippen LogP contribution in [0.1, 0.15) is 37.2 Å². The number of hydrogen-bond acceptors (Lipinski definition) is 5. The average Bonchev–Trinajstić information content (AvgIpc) is 2.87. The minimum Gasteiger partial charge on any atom is -0.459 e. The molecule has 6 nitrogen and oxygen atoms in total. The predicted molar refractivity (Wildman–Crippen MR) is 75.0 cm³/mol. The highest BCUT2D eigenvalue weighted by Crippen LogP contribution is 2.35. The summed E-state index contributed by atoms with van der Waals surface area (Å²) in [6.45, 7) is 7.45. The molecular formula is C15H18N2O4. The summed E-state index contributed by atoms with van der Waals surface area (Å²) in [6, 6.07) is 3.08. The minimum absolute atomic E-state index is 0.123. The van der Waals surface area contributed by atoms with E-state index in [-0.39, 0.29) is 28.4 Å². The standard InChI is InChI=1S/C15H18N2O4/c1-9(16-17-14(20)12-5-4-6-21-12)13-10(18)7-15(2,3)8-11(13)19/h4-6,13,16H,1,7-8H2,2-3H3,(H,17,20). The van der Waals surface area contributed by atoms with Gasteiger partial charge in [-0.3, -0.25) is 19.8 Å². The SMILES string of the molecule is C=C(NNC(=O)c1ccco1)C1C(=O)CC(C)(C)CC1=O. The monoisotopic (exact) mass is 290 g/mol. The average molecular weight is 290 g/mol. The molecule has 6 heteroatoms. The largest absolute Gasteiger partial charge is 0.459 e. The highest BCUT2D eigenvalue weighted by atomic mass is 16.3. The number of rotatable bonds is 4. The Morgan fingerprint density at radius 2 is 1.90 bits per heavy atom. The van der Waals surface area contributed by atoms with Gasteiger partial charge in [0.15, 0.2) is 5.76 Å². The van der Waals surface area contributed by atoms with Gasteiger partial charge in [-0.05, 0) is 17.5 Å². The van der Waals surface area contributed by atoms with Crippen molar-refractivity contribution < 1.29 is 18.8 Å². The van der Waals surface area contributed by atoms with Gasteiger partial charge in [-0.1, -0.05) is 20.4 Å². The summed E-state index contributed by atoms with van der Waals surface area (Å²) >= 11 is 0. The molecule has 21 heavy (non-hydrogen) atoms. The van der Waals surface area contributed by atoms with Crippen molar-refractivity contribution in [1.82, 2.24) is 10.9 Å². The third-order valence-electron chi connectivity index (χ3n) is 3.38. The molecule has 0 spiro atoms. The zero-order valence-electron chi connectivity index (χ0n) is 12.1. The van der Waals surface area contributed by atoms with E-state index in [1.165, 1.54) is 12.3 Å². The zero-order valence-corrected chi connectivity index (χ0v) is 12.1. The predicted octanol–water partition coefficient (Wildman–Crippen LogP) is 1.60. The van der Waals surface area contributed by atoms with Gasteiger partial charge in [-0.2, -0.15) is 0 Å². The maximum absolute atomic E-state index is 12.1. The second kappa shape index (κ2) is 5.55. The number of hydrazine groups is 1. The van der Waals surface area contributed by atoms with Crippen LogP contribution in [-0.2, 0) is 9.59 Å². The first-order valence-corrected chi connectivity index (χ1v) is 6.64. The molecule has 0 aliphatic heterocycles. The molecule has 1 aliphatic carbocycles. The number of ketones is 2. The van der Waals surface area contributed by atoms with Crippen LogP contribution in [0.15, 0.2) is 35.1 Å². The highest BCUT2D eigenvalue weighted by molar-refractivity contribution is 6.07. The smallest absolute Gasteiger partial charge is 0.305 e. The quantitative estimate of drug-likeness (QED) is 0.649. The van der Waals surface area contributed by atoms with Crippen LogP contribution in [0.2, 0.25) is 0 Å². The summed E-state index contributed by atoms with van der Waals surface area (Å²) in [5, 5.41) is 0. The van der Waals surface area contributed by atoms with Gasteiger partial charge in [0.1, 0.15) is 17.5 Å². The maximum Gasteiger partial charge on any atom is 0.305 e. The van der Waals surface area contributed by atoms with Crippen LogP contribution < -0.4 is 10.9 Å². The van der Waals surface area contributed by atoms with Gasteiger partial charge in [-0.15, -0.1) is 0 Å². The van der Waals surface area contributed by atoms with Gasteiger partial charge in [0.25, 0.3) is 0 Å². The van der Waals surface area contributed by atoms with E-state index >= 15 is 0 Å². The molecule has 112 valence electrons. The van der Waals surface area contributed by atoms with Crippen molar-refractivity contribution in [2.24, 2.45) is 11.3 Å². The molecule has 1 amide bonds. The van der Waals surface area contributed by atoms with Crippen molar-refractivity contribution >= 4 is 17.5 Å². The van der Waals surface area contributed by atoms with Crippen LogP contribution >= 0.6 is 0 Å². The van der Waals surface area contributed by atoms with Crippen LogP contribution in [0.25, 0.3) is 0 Å². The van der Waals surface area contributed by atoms with Gasteiger partial charge in [0.05, 0.1) is 6.26 Å². The fraction of sp³-hybridized carbons (Fsp3) is 0.400. The van der Waals surface area contributed by atoms with E-state index in [2.05, 4.69) is 17.4 Å². The van der Waals surface area contributed by atoms with E-state index in [1.54, 1.807) is 6.07 Å². The molecule has 0 saturated heterocycles. The summed E-state index contributed by atoms with van der Waals surface area (Å²) in [5.41, 5.74) is 4.75. The van der Waals surface area contributed by atoms with Gasteiger partial charge in [0.2, 0.25) is 0 Å². The number of hydrogen-bond donors (Lipinski definition) is 2. The van der Waals surface area contributed by atoms with E-state index in [1.807, 2.05) is 13.8 Å². The number of Topliss-reactive ketones (excluding diaryl/α,β-unsaturated/α-hetero) is 2. The summed E-state index contributed by atoms with van der Waals surface area (Å²) in [6.07, 6.45) is 2.01. The Hall–Kier alpha value is -2.37. The molecule has 1 fully saturated rings. The van der Waals surface area contributed by atoms with E-state index in [0.717, 1.165) is 0 Å². The molecule has 1 heterocycles. The number of allylic oxidation sites excluding steroid dienone is 1. The number of furan rings is 1. The normalized spacial score (nSPS) is 18.4. The van der Waals surface area contributed by atoms with E-state index in [4.69, 9.17) is 4.42 Å². The third kappa shape index (κ3) is 3.39. The van der Waals surface area contributed by atoms with E-state index in [9.17, 15) is 14.4 Å². The Kier molecular flexibility index (Phi) is 3.97. The molecule has 2 N–H and O–H groups in total. The van der Waals surface area contributed by atoms with Crippen LogP contribution in [0.3, 0.4) is 0 Å². The van der Waals surface area contributed by atoms with Crippen molar-refractivity contribution in [3.05, 3.63) is 36.4 Å². The van der Waals surface area contributed by atoms with Crippen molar-refractivity contribution in [1.29, 1.82) is 0 Å². The Morgan fingerprint density at radius 1 is 1.29 bits per heavy atom. The second-order valence-electron chi connectivity index (χ2n) is 5.97. The van der Waals surface area contributed by atoms with Crippen LogP contribution in [0.4, 0.5) is 0 Å². The molecule has 1 aromatic heterocycles. The van der Waals surface area contributed by atoms with Gasteiger partial charge >= 0.3 is 5.91 Å².